The van der Waals surface area contributed by atoms with E-state index in [1.54, 1.807) is 42.5 Å². The van der Waals surface area contributed by atoms with Gasteiger partial charge in [-0.05, 0) is 72.1 Å². The van der Waals surface area contributed by atoms with E-state index in [9.17, 15) is 8.42 Å². The van der Waals surface area contributed by atoms with Gasteiger partial charge in [-0.15, -0.1) is 0 Å². The standard InChI is InChI=1S/C12H7Br3O2S/c13-8-4-1-2-6-10(8)18(16,17)11-7-3-5-9(14)12(11)15/h1-7H. The van der Waals surface area contributed by atoms with Crippen molar-refractivity contribution in [1.29, 1.82) is 0 Å². The average Bonchev–Trinajstić information content (AvgIpc) is 2.32. The Morgan fingerprint density at radius 1 is 0.722 bits per heavy atom. The van der Waals surface area contributed by atoms with Crippen molar-refractivity contribution in [1.82, 2.24) is 0 Å². The molecular formula is C12H7Br3O2S. The zero-order chi connectivity index (χ0) is 13.3. The molecule has 0 saturated carbocycles. The van der Waals surface area contributed by atoms with Crippen molar-refractivity contribution < 1.29 is 8.42 Å². The monoisotopic (exact) mass is 452 g/mol. The predicted molar refractivity (Wildman–Crippen MR) is 81.4 cm³/mol. The predicted octanol–water partition coefficient (Wildman–Crippen LogP) is 4.81. The molecule has 2 aromatic rings. The van der Waals surface area contributed by atoms with Gasteiger partial charge in [-0.25, -0.2) is 8.42 Å². The van der Waals surface area contributed by atoms with E-state index in [0.717, 1.165) is 0 Å². The maximum Gasteiger partial charge on any atom is 0.208 e. The van der Waals surface area contributed by atoms with Crippen LogP contribution in [0.1, 0.15) is 0 Å². The van der Waals surface area contributed by atoms with Crippen molar-refractivity contribution in [2.24, 2.45) is 0 Å². The van der Waals surface area contributed by atoms with Gasteiger partial charge >= 0.3 is 0 Å². The van der Waals surface area contributed by atoms with Crippen LogP contribution in [-0.4, -0.2) is 8.42 Å². The number of hydrogen-bond acceptors (Lipinski definition) is 2. The Kier molecular flexibility index (Phi) is 4.31. The summed E-state index contributed by atoms with van der Waals surface area (Å²) < 4.78 is 26.9. The molecule has 18 heavy (non-hydrogen) atoms. The molecule has 0 atom stereocenters. The summed E-state index contributed by atoms with van der Waals surface area (Å²) in [6, 6.07) is 11.8. The highest BCUT2D eigenvalue weighted by molar-refractivity contribution is 9.13. The molecule has 94 valence electrons. The van der Waals surface area contributed by atoms with E-state index in [1.165, 1.54) is 0 Å². The minimum Gasteiger partial charge on any atom is -0.218 e. The van der Waals surface area contributed by atoms with E-state index < -0.39 is 9.84 Å². The largest absolute Gasteiger partial charge is 0.218 e. The first-order valence-electron chi connectivity index (χ1n) is 4.88. The van der Waals surface area contributed by atoms with Gasteiger partial charge in [-0.1, -0.05) is 18.2 Å². The van der Waals surface area contributed by atoms with Gasteiger partial charge in [0.2, 0.25) is 9.84 Å². The summed E-state index contributed by atoms with van der Waals surface area (Å²) in [6.45, 7) is 0. The molecule has 0 aliphatic heterocycles. The Balaban J connectivity index is 2.71. The van der Waals surface area contributed by atoms with Crippen LogP contribution in [0.5, 0.6) is 0 Å². The van der Waals surface area contributed by atoms with Gasteiger partial charge in [-0.2, -0.15) is 0 Å². The Morgan fingerprint density at radius 3 is 1.94 bits per heavy atom. The van der Waals surface area contributed by atoms with Gasteiger partial charge in [0.15, 0.2) is 0 Å². The minimum atomic E-state index is -3.55. The van der Waals surface area contributed by atoms with Crippen molar-refractivity contribution in [3.05, 3.63) is 55.9 Å². The highest BCUT2D eigenvalue weighted by Gasteiger charge is 2.23. The molecule has 0 aliphatic carbocycles. The maximum absolute atomic E-state index is 12.5. The molecule has 0 fully saturated rings. The molecule has 0 heterocycles. The minimum absolute atomic E-state index is 0.240. The molecule has 0 saturated heterocycles. The molecule has 0 bridgehead atoms. The highest BCUT2D eigenvalue weighted by Crippen LogP contribution is 2.35. The molecule has 2 nitrogen and oxygen atoms in total. The van der Waals surface area contributed by atoms with E-state index in [2.05, 4.69) is 47.8 Å². The van der Waals surface area contributed by atoms with E-state index in [4.69, 9.17) is 0 Å². The topological polar surface area (TPSA) is 34.1 Å². The molecule has 0 radical (unpaired) electrons. The number of hydrogen-bond donors (Lipinski definition) is 0. The van der Waals surface area contributed by atoms with Crippen LogP contribution in [0.4, 0.5) is 0 Å². The van der Waals surface area contributed by atoms with Crippen LogP contribution in [0.2, 0.25) is 0 Å². The van der Waals surface area contributed by atoms with E-state index in [-0.39, 0.29) is 9.79 Å². The second kappa shape index (κ2) is 5.45. The molecule has 0 aromatic heterocycles. The Morgan fingerprint density at radius 2 is 1.28 bits per heavy atom. The molecule has 0 amide bonds. The molecule has 0 spiro atoms. The maximum atomic E-state index is 12.5. The van der Waals surface area contributed by atoms with Crippen LogP contribution < -0.4 is 0 Å². The first kappa shape index (κ1) is 14.2. The van der Waals surface area contributed by atoms with E-state index >= 15 is 0 Å². The molecule has 0 N–H and O–H groups in total. The van der Waals surface area contributed by atoms with Crippen LogP contribution in [0, 0.1) is 0 Å². The third kappa shape index (κ3) is 2.57. The number of sulfone groups is 1. The lowest BCUT2D eigenvalue weighted by Gasteiger charge is -2.09. The molecule has 6 heteroatoms. The van der Waals surface area contributed by atoms with Crippen molar-refractivity contribution in [2.45, 2.75) is 9.79 Å². The Labute approximate surface area is 131 Å². The lowest BCUT2D eigenvalue weighted by Crippen LogP contribution is -2.04. The third-order valence-electron chi connectivity index (χ3n) is 2.33. The van der Waals surface area contributed by atoms with Gasteiger partial charge in [0.25, 0.3) is 0 Å². The molecule has 0 unspecified atom stereocenters. The Hall–Kier alpha value is -0.170. The summed E-state index contributed by atoms with van der Waals surface area (Å²) in [6.07, 6.45) is 0. The molecular weight excluding hydrogens is 448 g/mol. The third-order valence-corrected chi connectivity index (χ3v) is 7.45. The zero-order valence-electron chi connectivity index (χ0n) is 8.90. The fraction of sp³-hybridized carbons (Fsp3) is 0. The second-order valence-electron chi connectivity index (χ2n) is 3.49. The van der Waals surface area contributed by atoms with Crippen molar-refractivity contribution in [3.8, 4) is 0 Å². The van der Waals surface area contributed by atoms with Crippen LogP contribution in [0.25, 0.3) is 0 Å². The van der Waals surface area contributed by atoms with Gasteiger partial charge in [0, 0.05) is 8.95 Å². The fourth-order valence-electron chi connectivity index (χ4n) is 1.47. The zero-order valence-corrected chi connectivity index (χ0v) is 14.5. The summed E-state index contributed by atoms with van der Waals surface area (Å²) in [5.41, 5.74) is 0. The first-order valence-corrected chi connectivity index (χ1v) is 8.74. The summed E-state index contributed by atoms with van der Waals surface area (Å²) in [7, 11) is -3.55. The number of benzene rings is 2. The van der Waals surface area contributed by atoms with Gasteiger partial charge in [0.1, 0.15) is 0 Å². The van der Waals surface area contributed by atoms with Crippen molar-refractivity contribution in [2.75, 3.05) is 0 Å². The molecule has 2 aromatic carbocycles. The average molecular weight is 455 g/mol. The summed E-state index contributed by atoms with van der Waals surface area (Å²) in [5.74, 6) is 0. The fourth-order valence-corrected chi connectivity index (χ4v) is 5.22. The first-order chi connectivity index (χ1) is 8.44. The van der Waals surface area contributed by atoms with E-state index in [0.29, 0.717) is 13.4 Å². The van der Waals surface area contributed by atoms with Crippen LogP contribution in [0.15, 0.2) is 65.7 Å². The summed E-state index contributed by atoms with van der Waals surface area (Å²) in [4.78, 5) is 0.493. The number of rotatable bonds is 2. The van der Waals surface area contributed by atoms with Crippen LogP contribution in [-0.2, 0) is 9.84 Å². The lowest BCUT2D eigenvalue weighted by atomic mass is 10.4. The summed E-state index contributed by atoms with van der Waals surface area (Å²) in [5, 5.41) is 0. The molecule has 0 aliphatic rings. The lowest BCUT2D eigenvalue weighted by molar-refractivity contribution is 0.595. The van der Waals surface area contributed by atoms with Crippen molar-refractivity contribution in [3.63, 3.8) is 0 Å². The highest BCUT2D eigenvalue weighted by atomic mass is 79.9. The van der Waals surface area contributed by atoms with Gasteiger partial charge < -0.3 is 0 Å². The van der Waals surface area contributed by atoms with Crippen LogP contribution >= 0.6 is 47.8 Å². The second-order valence-corrected chi connectivity index (χ2v) is 7.87. The summed E-state index contributed by atoms with van der Waals surface area (Å²) >= 11 is 9.87. The van der Waals surface area contributed by atoms with Crippen molar-refractivity contribution >= 4 is 57.6 Å². The van der Waals surface area contributed by atoms with Gasteiger partial charge in [0.05, 0.1) is 14.3 Å². The SMILES string of the molecule is O=S(=O)(c1ccccc1Br)c1cccc(Br)c1Br. The Bertz CT molecular complexity index is 696. The van der Waals surface area contributed by atoms with E-state index in [1.807, 2.05) is 0 Å². The normalized spacial score (nSPS) is 11.5. The molecule has 2 rings (SSSR count). The van der Waals surface area contributed by atoms with Gasteiger partial charge in [-0.3, -0.25) is 0 Å². The smallest absolute Gasteiger partial charge is 0.208 e. The number of halogens is 3. The van der Waals surface area contributed by atoms with Crippen LogP contribution in [0.3, 0.4) is 0 Å². The quantitative estimate of drug-likeness (QED) is 0.652.